The van der Waals surface area contributed by atoms with Crippen molar-refractivity contribution in [1.29, 1.82) is 5.26 Å². The lowest BCUT2D eigenvalue weighted by atomic mass is 9.93. The summed E-state index contributed by atoms with van der Waals surface area (Å²) < 4.78 is 47.0. The molecule has 2 aliphatic heterocycles. The van der Waals surface area contributed by atoms with Crippen LogP contribution >= 0.6 is 12.6 Å². The molecule has 4 rings (SSSR count). The highest BCUT2D eigenvalue weighted by Crippen LogP contribution is 2.42. The van der Waals surface area contributed by atoms with E-state index in [4.69, 9.17) is 10.00 Å². The van der Waals surface area contributed by atoms with E-state index in [0.717, 1.165) is 55.1 Å². The Morgan fingerprint density at radius 3 is 2.51 bits per heavy atom. The van der Waals surface area contributed by atoms with Crippen LogP contribution in [-0.4, -0.2) is 63.6 Å². The molecule has 2 aliphatic rings. The number of amides is 1. The van der Waals surface area contributed by atoms with Gasteiger partial charge in [0.1, 0.15) is 23.4 Å². The third-order valence-electron chi connectivity index (χ3n) is 8.41. The van der Waals surface area contributed by atoms with E-state index in [9.17, 15) is 27.9 Å². The van der Waals surface area contributed by atoms with Gasteiger partial charge in [0.2, 0.25) is 0 Å². The number of aromatic nitrogens is 1. The Morgan fingerprint density at radius 2 is 1.93 bits per heavy atom. The van der Waals surface area contributed by atoms with Crippen LogP contribution in [-0.2, 0) is 22.2 Å². The summed E-state index contributed by atoms with van der Waals surface area (Å²) in [7, 11) is 0. The molecule has 9 nitrogen and oxygen atoms in total. The number of nitrogens with zero attached hydrogens (tertiary/aromatic N) is 5. The maximum Gasteiger partial charge on any atom is 0.419 e. The zero-order chi connectivity index (χ0) is 31.7. The Labute approximate surface area is 254 Å². The molecular formula is C30H36F3N5O4S. The first-order valence-electron chi connectivity index (χ1n) is 14.2. The molecule has 3 heterocycles. The predicted octanol–water partition coefficient (Wildman–Crippen LogP) is 5.33. The summed E-state index contributed by atoms with van der Waals surface area (Å²) in [5.74, 6) is -0.110. The molecule has 2 fully saturated rings. The minimum atomic E-state index is -4.82. The molecular weight excluding hydrogens is 583 g/mol. The molecule has 1 aromatic carbocycles. The van der Waals surface area contributed by atoms with E-state index in [1.54, 1.807) is 31.7 Å². The van der Waals surface area contributed by atoms with Gasteiger partial charge in [-0.2, -0.15) is 18.4 Å². The van der Waals surface area contributed by atoms with E-state index < -0.39 is 46.4 Å². The number of rotatable bonds is 9. The van der Waals surface area contributed by atoms with Gasteiger partial charge in [-0.3, -0.25) is 19.4 Å². The van der Waals surface area contributed by atoms with E-state index in [2.05, 4.69) is 17.6 Å². The number of hydrogen-bond donors (Lipinski definition) is 2. The van der Waals surface area contributed by atoms with Crippen molar-refractivity contribution in [3.63, 3.8) is 0 Å². The molecule has 2 saturated heterocycles. The summed E-state index contributed by atoms with van der Waals surface area (Å²) in [5, 5.41) is 18.3. The molecule has 2 atom stereocenters. The Balaban J connectivity index is 1.48. The third-order valence-corrected chi connectivity index (χ3v) is 8.87. The molecule has 232 valence electrons. The molecule has 0 radical (unpaired) electrons. The van der Waals surface area contributed by atoms with Gasteiger partial charge in [-0.1, -0.05) is 6.92 Å². The summed E-state index contributed by atoms with van der Waals surface area (Å²) in [6, 6.07) is 7.27. The number of anilines is 2. The van der Waals surface area contributed by atoms with E-state index in [1.165, 1.54) is 6.07 Å². The first-order valence-corrected chi connectivity index (χ1v) is 14.7. The Morgan fingerprint density at radius 1 is 1.26 bits per heavy atom. The number of hydrogen-bond acceptors (Lipinski definition) is 8. The average Bonchev–Trinajstić information content (AvgIpc) is 3.14. The van der Waals surface area contributed by atoms with Crippen molar-refractivity contribution in [2.24, 2.45) is 5.92 Å². The fraction of sp³-hybridized carbons (Fsp3) is 0.533. The number of carbonyl (C=O) groups excluding carboxylic acids is 1. The summed E-state index contributed by atoms with van der Waals surface area (Å²) in [6.07, 6.45) is -0.415. The Hall–Kier alpha value is -3.50. The normalized spacial score (nSPS) is 20.3. The topological polar surface area (TPSA) is 110 Å². The number of aryl methyl sites for hydroxylation is 1. The number of likely N-dealkylation sites (tertiary alicyclic amines) is 1. The number of alkyl halides is 3. The van der Waals surface area contributed by atoms with Crippen LogP contribution in [0.5, 0.6) is 5.75 Å². The van der Waals surface area contributed by atoms with Crippen molar-refractivity contribution < 1.29 is 32.6 Å². The molecule has 0 bridgehead atoms. The minimum absolute atomic E-state index is 0.106. The Bertz CT molecular complexity index is 1410. The number of thiol groups is 1. The van der Waals surface area contributed by atoms with Crippen LogP contribution in [0.4, 0.5) is 24.5 Å². The second kappa shape index (κ2) is 12.6. The first-order chi connectivity index (χ1) is 20.2. The van der Waals surface area contributed by atoms with Crippen LogP contribution in [0.25, 0.3) is 0 Å². The molecule has 1 aromatic heterocycles. The number of piperidine rings is 1. The van der Waals surface area contributed by atoms with E-state index in [1.807, 2.05) is 24.0 Å². The number of carbonyl (C=O) groups is 2. The van der Waals surface area contributed by atoms with Gasteiger partial charge in [0.05, 0.1) is 24.1 Å². The second-order valence-electron chi connectivity index (χ2n) is 11.4. The predicted molar refractivity (Wildman–Crippen MR) is 158 cm³/mol. The molecule has 2 aromatic rings. The lowest BCUT2D eigenvalue weighted by molar-refractivity contribution is -0.143. The molecule has 0 saturated carbocycles. The lowest BCUT2D eigenvalue weighted by Crippen LogP contribution is -2.45. The van der Waals surface area contributed by atoms with Gasteiger partial charge in [-0.15, -0.1) is 12.6 Å². The number of nitriles is 1. The fourth-order valence-electron chi connectivity index (χ4n) is 5.76. The standard InChI is InChI=1S/C30H36F3N5O4S/c1-5-20-14-21(6-7-25(20)42-13-10-19-8-11-36(12-9-19)18(2)26(39)40)38-28(43)37(27(41)29(38,3)4)22-15-23(30(31,32)33)24(16-34)35-17-22/h6-7,14-15,17-19,28,43H,5,8-13H2,1-4H3,(H,39,40)/t18-,28+/m0/s1. The maximum absolute atomic E-state index is 13.6. The quantitative estimate of drug-likeness (QED) is 0.363. The Kier molecular flexibility index (Phi) is 9.51. The van der Waals surface area contributed by atoms with Crippen LogP contribution < -0.4 is 14.5 Å². The molecule has 1 N–H and O–H groups in total. The van der Waals surface area contributed by atoms with E-state index in [-0.39, 0.29) is 5.69 Å². The molecule has 0 unspecified atom stereocenters. The number of aliphatic carboxylic acids is 1. The van der Waals surface area contributed by atoms with Crippen LogP contribution in [0, 0.1) is 17.2 Å². The highest BCUT2D eigenvalue weighted by molar-refractivity contribution is 7.81. The number of carboxylic acids is 1. The largest absolute Gasteiger partial charge is 0.493 e. The van der Waals surface area contributed by atoms with Gasteiger partial charge in [-0.05, 0) is 95.3 Å². The van der Waals surface area contributed by atoms with Crippen molar-refractivity contribution in [1.82, 2.24) is 9.88 Å². The van der Waals surface area contributed by atoms with Gasteiger partial charge in [0, 0.05) is 5.69 Å². The lowest BCUT2D eigenvalue weighted by Gasteiger charge is -2.34. The average molecular weight is 620 g/mol. The van der Waals surface area contributed by atoms with Gasteiger partial charge >= 0.3 is 12.1 Å². The van der Waals surface area contributed by atoms with Crippen molar-refractivity contribution in [2.75, 3.05) is 29.5 Å². The summed E-state index contributed by atoms with van der Waals surface area (Å²) >= 11 is 4.66. The van der Waals surface area contributed by atoms with Crippen LogP contribution in [0.15, 0.2) is 30.5 Å². The smallest absolute Gasteiger partial charge is 0.419 e. The van der Waals surface area contributed by atoms with Gasteiger partial charge < -0.3 is 14.7 Å². The molecule has 13 heteroatoms. The monoisotopic (exact) mass is 619 g/mol. The fourth-order valence-corrected chi connectivity index (χ4v) is 6.42. The van der Waals surface area contributed by atoms with Crippen molar-refractivity contribution >= 4 is 35.9 Å². The van der Waals surface area contributed by atoms with Crippen LogP contribution in [0.1, 0.15) is 63.8 Å². The highest BCUT2D eigenvalue weighted by Gasteiger charge is 2.52. The molecule has 0 spiro atoms. The van der Waals surface area contributed by atoms with Crippen molar-refractivity contribution in [2.45, 2.75) is 76.6 Å². The highest BCUT2D eigenvalue weighted by atomic mass is 32.1. The van der Waals surface area contributed by atoms with E-state index in [0.29, 0.717) is 30.4 Å². The zero-order valence-corrected chi connectivity index (χ0v) is 25.5. The number of halogens is 3. The molecule has 43 heavy (non-hydrogen) atoms. The number of pyridine rings is 1. The van der Waals surface area contributed by atoms with E-state index >= 15 is 0 Å². The summed E-state index contributed by atoms with van der Waals surface area (Å²) in [4.78, 5) is 33.4. The summed E-state index contributed by atoms with van der Waals surface area (Å²) in [6.45, 7) is 9.05. The number of benzene rings is 1. The van der Waals surface area contributed by atoms with Gasteiger partial charge in [0.15, 0.2) is 11.2 Å². The number of ether oxygens (including phenoxy) is 1. The molecule has 0 aliphatic carbocycles. The maximum atomic E-state index is 13.6. The number of carboxylic acid groups (broad SMARTS) is 1. The van der Waals surface area contributed by atoms with Gasteiger partial charge in [-0.25, -0.2) is 4.98 Å². The van der Waals surface area contributed by atoms with Gasteiger partial charge in [0.25, 0.3) is 5.91 Å². The van der Waals surface area contributed by atoms with Crippen LogP contribution in [0.2, 0.25) is 0 Å². The second-order valence-corrected chi connectivity index (χ2v) is 11.9. The van der Waals surface area contributed by atoms with Crippen molar-refractivity contribution in [3.05, 3.63) is 47.3 Å². The minimum Gasteiger partial charge on any atom is -0.493 e. The van der Waals surface area contributed by atoms with Crippen LogP contribution in [0.3, 0.4) is 0 Å². The molecule has 1 amide bonds. The first kappa shape index (κ1) is 32.4. The SMILES string of the molecule is CCc1cc(N2[C@H](S)N(c3cnc(C#N)c(C(F)(F)F)c3)C(=O)C2(C)C)ccc1OCCC1CCN([C@@H](C)C(=O)O)CC1. The summed E-state index contributed by atoms with van der Waals surface area (Å²) in [5.41, 5.74) is -2.62. The third kappa shape index (κ3) is 6.55. The zero-order valence-electron chi connectivity index (χ0n) is 24.6. The van der Waals surface area contributed by atoms with Crippen molar-refractivity contribution in [3.8, 4) is 11.8 Å².